The summed E-state index contributed by atoms with van der Waals surface area (Å²) in [5.74, 6) is -0.142. The van der Waals surface area contributed by atoms with Crippen LogP contribution in [0, 0.1) is 13.8 Å². The quantitative estimate of drug-likeness (QED) is 0.385. The molecule has 2 aliphatic rings. The molecule has 2 aliphatic carbocycles. The van der Waals surface area contributed by atoms with Gasteiger partial charge in [0.25, 0.3) is 26.1 Å². The van der Waals surface area contributed by atoms with Crippen LogP contribution >= 0.6 is 0 Å². The fraction of sp³-hybridized carbons (Fsp3) is 0.231. The molecule has 2 N–H and O–H groups in total. The Morgan fingerprint density at radius 3 is 1.77 bits per heavy atom. The molecule has 4 rings (SSSR count). The highest BCUT2D eigenvalue weighted by Crippen LogP contribution is 2.13. The van der Waals surface area contributed by atoms with Gasteiger partial charge in [-0.2, -0.15) is 8.42 Å². The van der Waals surface area contributed by atoms with Crippen molar-refractivity contribution < 1.29 is 45.9 Å². The van der Waals surface area contributed by atoms with Gasteiger partial charge in [0.1, 0.15) is 6.10 Å². The van der Waals surface area contributed by atoms with E-state index < -0.39 is 38.3 Å². The van der Waals surface area contributed by atoms with E-state index in [1.165, 1.54) is 48.6 Å². The Balaban J connectivity index is 0.000000238. The Morgan fingerprint density at radius 2 is 1.38 bits per heavy atom. The van der Waals surface area contributed by atoms with E-state index in [1.807, 2.05) is 13.8 Å². The van der Waals surface area contributed by atoms with E-state index in [-0.39, 0.29) is 34.2 Å². The number of benzene rings is 2. The number of carbonyl (C=O) groups excluding carboxylic acids is 4. The molecular weight excluding hydrogens is 564 g/mol. The minimum Gasteiger partial charge on any atom is -0.441 e. The van der Waals surface area contributed by atoms with Gasteiger partial charge in [0, 0.05) is 6.42 Å². The smallest absolute Gasteiger partial charge is 0.421 e. The van der Waals surface area contributed by atoms with Gasteiger partial charge in [-0.25, -0.2) is 22.7 Å². The summed E-state index contributed by atoms with van der Waals surface area (Å²) in [6.07, 6.45) is 4.63. The molecule has 2 unspecified atom stereocenters. The van der Waals surface area contributed by atoms with Crippen LogP contribution in [0.25, 0.3) is 0 Å². The summed E-state index contributed by atoms with van der Waals surface area (Å²) < 4.78 is 55.4. The molecule has 12 nitrogen and oxygen atoms in total. The van der Waals surface area contributed by atoms with Gasteiger partial charge in [-0.1, -0.05) is 45.9 Å². The Kier molecular flexibility index (Phi) is 11.4. The average Bonchev–Trinajstić information content (AvgIpc) is 3.46. The number of amides is 1. The second kappa shape index (κ2) is 14.2. The van der Waals surface area contributed by atoms with Crippen LogP contribution in [0.5, 0.6) is 0 Å². The molecule has 0 aliphatic heterocycles. The number of hydrogen-bond acceptors (Lipinski definition) is 10. The van der Waals surface area contributed by atoms with E-state index in [0.717, 1.165) is 17.2 Å². The molecule has 0 radical (unpaired) electrons. The number of aliphatic hydroxyl groups excluding tert-OH is 1. The maximum absolute atomic E-state index is 11.9. The van der Waals surface area contributed by atoms with Gasteiger partial charge in [-0.05, 0) is 56.3 Å². The molecule has 0 saturated heterocycles. The highest BCUT2D eigenvalue weighted by atomic mass is 32.2. The molecule has 2 aromatic carbocycles. The van der Waals surface area contributed by atoms with Crippen LogP contribution < -0.4 is 4.72 Å². The van der Waals surface area contributed by atoms with Crippen LogP contribution in [0.4, 0.5) is 4.79 Å². The fourth-order valence-electron chi connectivity index (χ4n) is 3.05. The normalized spacial score (nSPS) is 17.6. The lowest BCUT2D eigenvalue weighted by atomic mass is 10.2. The third-order valence-electron chi connectivity index (χ3n) is 5.10. The predicted molar refractivity (Wildman–Crippen MR) is 142 cm³/mol. The molecule has 0 spiro atoms. The van der Waals surface area contributed by atoms with E-state index in [4.69, 9.17) is 9.84 Å². The lowest BCUT2D eigenvalue weighted by Crippen LogP contribution is -2.33. The lowest BCUT2D eigenvalue weighted by Gasteiger charge is -2.11. The third-order valence-corrected chi connectivity index (χ3v) is 7.61. The second-order valence-electron chi connectivity index (χ2n) is 8.46. The molecule has 0 bridgehead atoms. The van der Waals surface area contributed by atoms with Gasteiger partial charge in [-0.15, -0.1) is 0 Å². The van der Waals surface area contributed by atoms with Crippen LogP contribution in [0.1, 0.15) is 24.0 Å². The number of nitrogens with one attached hydrogen (secondary N) is 1. The van der Waals surface area contributed by atoms with Crippen LogP contribution in [-0.2, 0) is 39.2 Å². The van der Waals surface area contributed by atoms with Crippen molar-refractivity contribution in [3.63, 3.8) is 0 Å². The van der Waals surface area contributed by atoms with E-state index in [1.54, 1.807) is 29.0 Å². The van der Waals surface area contributed by atoms with Gasteiger partial charge < -0.3 is 9.84 Å². The van der Waals surface area contributed by atoms with Gasteiger partial charge in [0.2, 0.25) is 0 Å². The van der Waals surface area contributed by atoms with Crippen molar-refractivity contribution in [2.75, 3.05) is 0 Å². The van der Waals surface area contributed by atoms with Crippen molar-refractivity contribution >= 4 is 43.8 Å². The van der Waals surface area contributed by atoms with Gasteiger partial charge in [0.15, 0.2) is 11.6 Å². The minimum atomic E-state index is -3.97. The molecule has 0 aromatic heterocycles. The molecule has 14 heteroatoms. The summed E-state index contributed by atoms with van der Waals surface area (Å²) >= 11 is 0. The van der Waals surface area contributed by atoms with Crippen LogP contribution in [0.3, 0.4) is 0 Å². The Hall–Kier alpha value is -4.23. The number of nitrogens with zero attached hydrogens (tertiary/aromatic N) is 1. The Bertz CT molecular complexity index is 1550. The zero-order chi connectivity index (χ0) is 29.9. The number of rotatable bonds is 5. The number of sulfonamides is 2. The van der Waals surface area contributed by atoms with Crippen molar-refractivity contribution in [3.8, 4) is 0 Å². The van der Waals surface area contributed by atoms with Crippen LogP contribution in [-0.4, -0.2) is 57.9 Å². The summed E-state index contributed by atoms with van der Waals surface area (Å²) in [6, 6.07) is 12.1. The molecule has 0 fully saturated rings. The van der Waals surface area contributed by atoms with Crippen molar-refractivity contribution in [2.24, 2.45) is 4.40 Å². The van der Waals surface area contributed by atoms with E-state index in [2.05, 4.69) is 4.40 Å². The van der Waals surface area contributed by atoms with Gasteiger partial charge in [-0.3, -0.25) is 9.59 Å². The van der Waals surface area contributed by atoms with Gasteiger partial charge >= 0.3 is 6.09 Å². The standard InChI is InChI=1S/C13H13NO5S.C8H7NO3S.C5H6O2/c1-9-2-6-12(7-3-9)20(17,18)14-13(16)19-11-5-4-10(15)8-11;1-7-2-4-8(5-3-7)13(11,12)9-6-10;6-4-1-2-5(7)3-4/h2-7,11H,8H2,1H3,(H,14,16);2-5H,1H3;1-2,4,6H,3H2. The number of hydrogen-bond donors (Lipinski definition) is 2. The number of ether oxygens (including phenoxy) is 1. The first-order valence-corrected chi connectivity index (χ1v) is 14.4. The van der Waals surface area contributed by atoms with Crippen LogP contribution in [0.2, 0.25) is 0 Å². The molecule has 0 saturated carbocycles. The first-order chi connectivity index (χ1) is 18.7. The highest BCUT2D eigenvalue weighted by molar-refractivity contribution is 7.90. The molecule has 2 atom stereocenters. The maximum Gasteiger partial charge on any atom is 0.421 e. The summed E-state index contributed by atoms with van der Waals surface area (Å²) in [7, 11) is -7.79. The van der Waals surface area contributed by atoms with Crippen LogP contribution in [0.15, 0.2) is 87.0 Å². The number of carbonyl (C=O) groups is 3. The second-order valence-corrected chi connectivity index (χ2v) is 11.7. The number of isocyanates is 1. The fourth-order valence-corrected chi connectivity index (χ4v) is 4.61. The number of aryl methyl sites for hydroxylation is 2. The molecule has 2 aromatic rings. The highest BCUT2D eigenvalue weighted by Gasteiger charge is 2.23. The molecule has 1 amide bonds. The summed E-state index contributed by atoms with van der Waals surface area (Å²) in [5, 5.41) is 8.59. The largest absolute Gasteiger partial charge is 0.441 e. The molecule has 0 heterocycles. The zero-order valence-corrected chi connectivity index (χ0v) is 23.0. The van der Waals surface area contributed by atoms with Crippen molar-refractivity contribution in [3.05, 3.63) is 84.0 Å². The maximum atomic E-state index is 11.9. The first-order valence-electron chi connectivity index (χ1n) is 11.5. The third kappa shape index (κ3) is 10.5. The average molecular weight is 591 g/mol. The molecule has 212 valence electrons. The number of allylic oxidation sites excluding steroid dienone is 2. The van der Waals surface area contributed by atoms with Crippen molar-refractivity contribution in [1.82, 2.24) is 4.72 Å². The number of aliphatic hydroxyl groups is 1. The number of ketones is 2. The van der Waals surface area contributed by atoms with Crippen molar-refractivity contribution in [2.45, 2.75) is 48.7 Å². The van der Waals surface area contributed by atoms with Gasteiger partial charge in [0.05, 0.1) is 22.3 Å². The summed E-state index contributed by atoms with van der Waals surface area (Å²) in [6.45, 7) is 3.65. The Morgan fingerprint density at radius 1 is 0.875 bits per heavy atom. The van der Waals surface area contributed by atoms with E-state index >= 15 is 0 Å². The Labute approximate surface area is 231 Å². The SMILES string of the molecule is Cc1ccc(S(=O)(=O)N=C=O)cc1.Cc1ccc(S(=O)(=O)NC(=O)OC2C=CC(=O)C2)cc1.O=C1C=CC(O)C1. The zero-order valence-electron chi connectivity index (χ0n) is 21.4. The summed E-state index contributed by atoms with van der Waals surface area (Å²) in [4.78, 5) is 42.4. The first kappa shape index (κ1) is 32.0. The summed E-state index contributed by atoms with van der Waals surface area (Å²) in [5.41, 5.74) is 1.84. The monoisotopic (exact) mass is 590 g/mol. The predicted octanol–water partition coefficient (Wildman–Crippen LogP) is 2.20. The minimum absolute atomic E-state index is 0.00134. The molecular formula is C26H26N2O10S2. The molecule has 40 heavy (non-hydrogen) atoms. The van der Waals surface area contributed by atoms with Crippen molar-refractivity contribution in [1.29, 1.82) is 0 Å². The lowest BCUT2D eigenvalue weighted by molar-refractivity contribution is -0.115. The topological polar surface area (TPSA) is 190 Å². The van der Waals surface area contributed by atoms with E-state index in [0.29, 0.717) is 0 Å². The van der Waals surface area contributed by atoms with E-state index in [9.17, 15) is 36.0 Å².